The molecule has 0 spiro atoms. The first-order valence-corrected chi connectivity index (χ1v) is 18.6. The summed E-state index contributed by atoms with van der Waals surface area (Å²) in [6.07, 6.45) is 2.54. The zero-order valence-electron chi connectivity index (χ0n) is 29.0. The molecule has 9 rings (SSSR count). The number of phenolic OH excluding ortho intramolecular Hbond substituents is 1. The smallest absolute Gasteiger partial charge is 0.242 e. The number of anilines is 2. The van der Waals surface area contributed by atoms with Crippen LogP contribution in [-0.2, 0) is 26.2 Å². The number of carbonyl (C=O) groups excluding carboxylic acids is 4. The van der Waals surface area contributed by atoms with Crippen LogP contribution in [0.3, 0.4) is 0 Å². The van der Waals surface area contributed by atoms with E-state index in [4.69, 9.17) is 16.7 Å². The molecule has 0 bridgehead atoms. The number of aryl methyl sites for hydroxylation is 3. The Morgan fingerprint density at radius 1 is 0.904 bits per heavy atom. The molecule has 2 aliphatic heterocycles. The molecule has 0 unspecified atom stereocenters. The van der Waals surface area contributed by atoms with Crippen LogP contribution in [0.1, 0.15) is 42.4 Å². The molecule has 4 heterocycles. The van der Waals surface area contributed by atoms with Crippen LogP contribution in [0.4, 0.5) is 11.5 Å². The van der Waals surface area contributed by atoms with Crippen LogP contribution in [0, 0.1) is 42.9 Å². The Kier molecular flexibility index (Phi) is 7.24. The Hall–Kier alpha value is -5.06. The Labute approximate surface area is 309 Å². The van der Waals surface area contributed by atoms with Gasteiger partial charge in [0, 0.05) is 34.3 Å². The number of hydrogen-bond acceptors (Lipinski definition) is 7. The van der Waals surface area contributed by atoms with Crippen LogP contribution >= 0.6 is 22.9 Å². The minimum absolute atomic E-state index is 0.0535. The van der Waals surface area contributed by atoms with Crippen molar-refractivity contribution in [3.05, 3.63) is 106 Å². The van der Waals surface area contributed by atoms with Crippen molar-refractivity contribution in [3.63, 3.8) is 0 Å². The zero-order valence-corrected chi connectivity index (χ0v) is 30.5. The number of halogens is 1. The molecule has 262 valence electrons. The van der Waals surface area contributed by atoms with Crippen molar-refractivity contribution >= 4 is 68.2 Å². The molecule has 2 aliphatic carbocycles. The molecule has 4 aliphatic rings. The van der Waals surface area contributed by atoms with Gasteiger partial charge >= 0.3 is 0 Å². The van der Waals surface area contributed by atoms with Gasteiger partial charge in [-0.2, -0.15) is 5.10 Å². The van der Waals surface area contributed by atoms with Crippen LogP contribution in [0.15, 0.2) is 84.4 Å². The Balaban J connectivity index is 1.17. The van der Waals surface area contributed by atoms with E-state index in [-0.39, 0.29) is 35.8 Å². The average Bonchev–Trinajstić information content (AvgIpc) is 3.80. The van der Waals surface area contributed by atoms with Crippen LogP contribution in [0.25, 0.3) is 20.7 Å². The molecule has 2 saturated heterocycles. The fraction of sp³-hybridized carbons (Fsp3) is 0.293. The second-order valence-electron chi connectivity index (χ2n) is 14.7. The summed E-state index contributed by atoms with van der Waals surface area (Å²) < 4.78 is 2.62. The number of benzene rings is 3. The molecule has 3 fully saturated rings. The van der Waals surface area contributed by atoms with Gasteiger partial charge < -0.3 is 5.11 Å². The number of fused-ring (bicyclic) bond motifs is 5. The predicted molar refractivity (Wildman–Crippen MR) is 200 cm³/mol. The minimum Gasteiger partial charge on any atom is -0.507 e. The summed E-state index contributed by atoms with van der Waals surface area (Å²) in [6, 6.07) is 21.9. The monoisotopic (exact) mass is 730 g/mol. The maximum Gasteiger partial charge on any atom is 0.242 e. The normalized spacial score (nSPS) is 26.9. The standard InChI is InChI=1S/C41H35ClN4O5S/c1-20-9-8-12-26(35(20)47)34-24-14-15-25-33(39(50)45(37(25)48)23-10-6-5-7-11-23)28(24)18-29-38(49)46(40(51)41(29,34)3)32-19-30(43-44(32)4)36-21(2)27-17-22(42)13-16-31(27)52-36/h5-14,16-17,19,25,28-29,33-34,47H,15,18H2,1-4H3/t25-,28+,29-,33-,34+,41+/m0/s1. The number of aromatic nitrogens is 2. The van der Waals surface area contributed by atoms with Crippen LogP contribution < -0.4 is 9.80 Å². The fourth-order valence-electron chi connectivity index (χ4n) is 9.54. The fourth-order valence-corrected chi connectivity index (χ4v) is 10.9. The average molecular weight is 731 g/mol. The minimum atomic E-state index is -1.29. The lowest BCUT2D eigenvalue weighted by atomic mass is 9.51. The first-order chi connectivity index (χ1) is 24.9. The molecule has 0 radical (unpaired) electrons. The number of hydrogen-bond donors (Lipinski definition) is 1. The van der Waals surface area contributed by atoms with E-state index in [1.807, 2.05) is 56.3 Å². The van der Waals surface area contributed by atoms with Gasteiger partial charge in [-0.05, 0) is 86.4 Å². The van der Waals surface area contributed by atoms with Crippen molar-refractivity contribution in [2.75, 3.05) is 9.80 Å². The number of rotatable bonds is 4. The molecule has 5 aromatic rings. The highest BCUT2D eigenvalue weighted by atomic mass is 35.5. The van der Waals surface area contributed by atoms with E-state index < -0.39 is 35.0 Å². The highest BCUT2D eigenvalue weighted by Crippen LogP contribution is 2.64. The third-order valence-corrected chi connectivity index (χ3v) is 13.6. The van der Waals surface area contributed by atoms with E-state index in [0.29, 0.717) is 39.8 Å². The number of para-hydroxylation sites is 2. The number of allylic oxidation sites excluding steroid dienone is 2. The predicted octanol–water partition coefficient (Wildman–Crippen LogP) is 7.71. The van der Waals surface area contributed by atoms with Crippen LogP contribution in [0.2, 0.25) is 5.02 Å². The molecular weight excluding hydrogens is 696 g/mol. The molecule has 9 nitrogen and oxygen atoms in total. The van der Waals surface area contributed by atoms with E-state index in [9.17, 15) is 19.5 Å². The maximum absolute atomic E-state index is 15.1. The molecule has 52 heavy (non-hydrogen) atoms. The summed E-state index contributed by atoms with van der Waals surface area (Å²) in [5, 5.41) is 18.0. The number of phenols is 1. The number of nitrogens with zero attached hydrogens (tertiary/aromatic N) is 4. The molecular formula is C41H35ClN4O5S. The van der Waals surface area contributed by atoms with Crippen molar-refractivity contribution < 1.29 is 24.3 Å². The summed E-state index contributed by atoms with van der Waals surface area (Å²) >= 11 is 7.88. The number of thiophene rings is 1. The highest BCUT2D eigenvalue weighted by Gasteiger charge is 2.68. The summed E-state index contributed by atoms with van der Waals surface area (Å²) in [7, 11) is 1.72. The first-order valence-electron chi connectivity index (χ1n) is 17.4. The first kappa shape index (κ1) is 32.8. The van der Waals surface area contributed by atoms with Gasteiger partial charge in [0.05, 0.1) is 33.7 Å². The second-order valence-corrected chi connectivity index (χ2v) is 16.2. The van der Waals surface area contributed by atoms with E-state index >= 15 is 4.79 Å². The number of imide groups is 2. The highest BCUT2D eigenvalue weighted by molar-refractivity contribution is 7.22. The third-order valence-electron chi connectivity index (χ3n) is 12.1. The topological polar surface area (TPSA) is 113 Å². The van der Waals surface area contributed by atoms with Crippen molar-refractivity contribution in [1.82, 2.24) is 9.78 Å². The van der Waals surface area contributed by atoms with E-state index in [1.165, 1.54) is 9.80 Å². The van der Waals surface area contributed by atoms with Gasteiger partial charge in [-0.15, -0.1) is 11.3 Å². The van der Waals surface area contributed by atoms with E-state index in [1.54, 1.807) is 66.4 Å². The molecule has 2 aromatic heterocycles. The molecule has 6 atom stereocenters. The lowest BCUT2D eigenvalue weighted by Gasteiger charge is -2.49. The lowest BCUT2D eigenvalue weighted by Crippen LogP contribution is -2.49. The zero-order chi connectivity index (χ0) is 36.4. The van der Waals surface area contributed by atoms with Gasteiger partial charge in [0.25, 0.3) is 0 Å². The number of carbonyl (C=O) groups is 4. The summed E-state index contributed by atoms with van der Waals surface area (Å²) in [4.78, 5) is 61.5. The molecule has 4 amide bonds. The SMILES string of the molecule is Cc1cccc([C@H]2C3=CC[C@@H]4C(=O)N(c5ccccc5)C(=O)[C@@H]4[C@@H]3C[C@H]3C(=O)N(c4cc(-c5sc6ccc(Cl)cc6c5C)nn4C)C(=O)[C@@]23C)c1O. The van der Waals surface area contributed by atoms with Gasteiger partial charge in [0.1, 0.15) is 17.3 Å². The van der Waals surface area contributed by atoms with Crippen molar-refractivity contribution in [1.29, 1.82) is 0 Å². The van der Waals surface area contributed by atoms with Gasteiger partial charge in [0.2, 0.25) is 23.6 Å². The number of amides is 4. The molecule has 3 aromatic carbocycles. The summed E-state index contributed by atoms with van der Waals surface area (Å²) in [5.41, 5.74) is 2.86. The Morgan fingerprint density at radius 3 is 2.44 bits per heavy atom. The van der Waals surface area contributed by atoms with Crippen molar-refractivity contribution in [2.45, 2.75) is 39.5 Å². The lowest BCUT2D eigenvalue weighted by molar-refractivity contribution is -0.131. The van der Waals surface area contributed by atoms with Crippen molar-refractivity contribution in [3.8, 4) is 16.3 Å². The molecule has 11 heteroatoms. The molecule has 1 N–H and O–H groups in total. The third kappa shape index (κ3) is 4.37. The number of aromatic hydroxyl groups is 1. The van der Waals surface area contributed by atoms with Gasteiger partial charge in [-0.3, -0.25) is 28.8 Å². The van der Waals surface area contributed by atoms with Gasteiger partial charge in [-0.1, -0.05) is 59.6 Å². The Morgan fingerprint density at radius 2 is 1.67 bits per heavy atom. The summed E-state index contributed by atoms with van der Waals surface area (Å²) in [5.74, 6) is -4.22. The quantitative estimate of drug-likeness (QED) is 0.150. The second kappa shape index (κ2) is 11.5. The summed E-state index contributed by atoms with van der Waals surface area (Å²) in [6.45, 7) is 5.63. The largest absolute Gasteiger partial charge is 0.507 e. The maximum atomic E-state index is 15.1. The van der Waals surface area contributed by atoms with Gasteiger partial charge in [0.15, 0.2) is 0 Å². The Bertz CT molecular complexity index is 2430. The van der Waals surface area contributed by atoms with Crippen LogP contribution in [-0.4, -0.2) is 38.5 Å². The van der Waals surface area contributed by atoms with Crippen molar-refractivity contribution in [2.24, 2.45) is 36.1 Å². The van der Waals surface area contributed by atoms with Gasteiger partial charge in [-0.25, -0.2) is 4.90 Å². The van der Waals surface area contributed by atoms with E-state index in [0.717, 1.165) is 26.1 Å². The molecule has 1 saturated carbocycles. The van der Waals surface area contributed by atoms with E-state index in [2.05, 4.69) is 0 Å². The van der Waals surface area contributed by atoms with Crippen LogP contribution in [0.5, 0.6) is 5.75 Å².